The molecule has 0 saturated carbocycles. The Hall–Kier alpha value is -1.36. The van der Waals surface area contributed by atoms with Gasteiger partial charge in [-0.25, -0.2) is 8.42 Å². The van der Waals surface area contributed by atoms with E-state index >= 15 is 0 Å². The van der Waals surface area contributed by atoms with E-state index in [4.69, 9.17) is 0 Å². The first-order valence-corrected chi connectivity index (χ1v) is 8.18. The van der Waals surface area contributed by atoms with Crippen molar-refractivity contribution in [1.29, 1.82) is 0 Å². The molecule has 1 aliphatic rings. The van der Waals surface area contributed by atoms with Gasteiger partial charge in [-0.15, -0.1) is 0 Å². The van der Waals surface area contributed by atoms with Gasteiger partial charge in [0.2, 0.25) is 0 Å². The third kappa shape index (κ3) is 3.56. The summed E-state index contributed by atoms with van der Waals surface area (Å²) < 4.78 is 23.0. The van der Waals surface area contributed by atoms with Crippen LogP contribution in [0.3, 0.4) is 0 Å². The number of benzene rings is 1. The van der Waals surface area contributed by atoms with Crippen LogP contribution in [-0.4, -0.2) is 31.0 Å². The van der Waals surface area contributed by atoms with Gasteiger partial charge in [-0.1, -0.05) is 29.8 Å². The average Bonchev–Trinajstić information content (AvgIpc) is 2.66. The van der Waals surface area contributed by atoms with Gasteiger partial charge < -0.3 is 5.11 Å². The highest BCUT2D eigenvalue weighted by atomic mass is 32.2. The smallest absolute Gasteiger partial charge is 0.307 e. The van der Waals surface area contributed by atoms with Crippen molar-refractivity contribution < 1.29 is 18.3 Å². The predicted octanol–water partition coefficient (Wildman–Crippen LogP) is 1.67. The van der Waals surface area contributed by atoms with Crippen LogP contribution in [0.2, 0.25) is 0 Å². The van der Waals surface area contributed by atoms with Crippen LogP contribution >= 0.6 is 0 Å². The third-order valence-electron chi connectivity index (χ3n) is 3.69. The molecule has 0 spiro atoms. The fraction of sp³-hybridized carbons (Fsp3) is 0.500. The number of carboxylic acid groups (broad SMARTS) is 1. The van der Waals surface area contributed by atoms with Crippen molar-refractivity contribution in [2.45, 2.75) is 19.8 Å². The van der Waals surface area contributed by atoms with Crippen molar-refractivity contribution in [3.63, 3.8) is 0 Å². The predicted molar refractivity (Wildman–Crippen MR) is 72.8 cm³/mol. The Morgan fingerprint density at radius 2 is 2.21 bits per heavy atom. The molecule has 0 radical (unpaired) electrons. The van der Waals surface area contributed by atoms with Crippen molar-refractivity contribution in [3.8, 4) is 0 Å². The van der Waals surface area contributed by atoms with Crippen molar-refractivity contribution in [1.82, 2.24) is 0 Å². The van der Waals surface area contributed by atoms with E-state index in [0.717, 1.165) is 11.1 Å². The van der Waals surface area contributed by atoms with Gasteiger partial charge in [0, 0.05) is 0 Å². The molecule has 0 aliphatic carbocycles. The molecule has 5 heteroatoms. The number of carbonyl (C=O) groups is 1. The summed E-state index contributed by atoms with van der Waals surface area (Å²) >= 11 is 0. The molecule has 1 N–H and O–H groups in total. The molecular formula is C14H18O4S. The first-order chi connectivity index (χ1) is 8.87. The zero-order chi connectivity index (χ0) is 14.0. The Morgan fingerprint density at radius 3 is 2.74 bits per heavy atom. The monoisotopic (exact) mass is 282 g/mol. The minimum Gasteiger partial charge on any atom is -0.481 e. The van der Waals surface area contributed by atoms with E-state index in [1.54, 1.807) is 0 Å². The summed E-state index contributed by atoms with van der Waals surface area (Å²) in [7, 11) is -3.04. The summed E-state index contributed by atoms with van der Waals surface area (Å²) in [5.41, 5.74) is 2.04. The molecule has 2 atom stereocenters. The maximum atomic E-state index is 11.5. The Bertz CT molecular complexity index is 577. The minimum absolute atomic E-state index is 0.00970. The zero-order valence-electron chi connectivity index (χ0n) is 10.9. The molecule has 1 heterocycles. The summed E-state index contributed by atoms with van der Waals surface area (Å²) in [6.45, 7) is 1.96. The van der Waals surface area contributed by atoms with Crippen LogP contribution in [0.4, 0.5) is 0 Å². The minimum atomic E-state index is -3.04. The van der Waals surface area contributed by atoms with Crippen LogP contribution in [0.25, 0.3) is 0 Å². The Balaban J connectivity index is 2.16. The summed E-state index contributed by atoms with van der Waals surface area (Å²) in [5.74, 6) is -1.64. The quantitative estimate of drug-likeness (QED) is 0.912. The molecule has 2 unspecified atom stereocenters. The van der Waals surface area contributed by atoms with Crippen molar-refractivity contribution >= 4 is 15.8 Å². The Kier molecular flexibility index (Phi) is 3.94. The number of aliphatic carboxylic acids is 1. The first kappa shape index (κ1) is 14.1. The summed E-state index contributed by atoms with van der Waals surface area (Å²) in [6, 6.07) is 7.71. The summed E-state index contributed by atoms with van der Waals surface area (Å²) in [4.78, 5) is 11.4. The fourth-order valence-electron chi connectivity index (χ4n) is 2.69. The Labute approximate surface area is 113 Å². The van der Waals surface area contributed by atoms with Crippen LogP contribution in [0.1, 0.15) is 17.5 Å². The lowest BCUT2D eigenvalue weighted by molar-refractivity contribution is -0.143. The molecule has 1 fully saturated rings. The van der Waals surface area contributed by atoms with E-state index in [1.165, 1.54) is 0 Å². The van der Waals surface area contributed by atoms with Crippen LogP contribution < -0.4 is 0 Å². The lowest BCUT2D eigenvalue weighted by Crippen LogP contribution is -2.26. The van der Waals surface area contributed by atoms with Gasteiger partial charge in [0.1, 0.15) is 0 Å². The molecule has 4 nitrogen and oxygen atoms in total. The molecule has 1 aromatic carbocycles. The SMILES string of the molecule is Cc1cccc(CC(C(=O)O)C2CCS(=O)(=O)C2)c1. The number of sulfone groups is 1. The average molecular weight is 282 g/mol. The van der Waals surface area contributed by atoms with Crippen molar-refractivity contribution in [3.05, 3.63) is 35.4 Å². The lowest BCUT2D eigenvalue weighted by atomic mass is 9.86. The number of aryl methyl sites for hydroxylation is 1. The number of hydrogen-bond acceptors (Lipinski definition) is 3. The van der Waals surface area contributed by atoms with E-state index < -0.39 is 21.7 Å². The molecule has 19 heavy (non-hydrogen) atoms. The second-order valence-corrected chi connectivity index (χ2v) is 7.53. The van der Waals surface area contributed by atoms with Crippen LogP contribution in [0, 0.1) is 18.8 Å². The largest absolute Gasteiger partial charge is 0.481 e. The van der Waals surface area contributed by atoms with Gasteiger partial charge in [-0.05, 0) is 31.2 Å². The first-order valence-electron chi connectivity index (χ1n) is 6.36. The molecule has 104 valence electrons. The molecular weight excluding hydrogens is 264 g/mol. The number of carboxylic acids is 1. The second-order valence-electron chi connectivity index (χ2n) is 5.30. The van der Waals surface area contributed by atoms with Gasteiger partial charge in [0.05, 0.1) is 17.4 Å². The summed E-state index contributed by atoms with van der Waals surface area (Å²) in [6.07, 6.45) is 0.863. The molecule has 2 rings (SSSR count). The van der Waals surface area contributed by atoms with E-state index in [2.05, 4.69) is 0 Å². The van der Waals surface area contributed by atoms with E-state index in [-0.39, 0.29) is 17.4 Å². The maximum absolute atomic E-state index is 11.5. The maximum Gasteiger partial charge on any atom is 0.307 e. The fourth-order valence-corrected chi connectivity index (χ4v) is 4.57. The van der Waals surface area contributed by atoms with E-state index in [9.17, 15) is 18.3 Å². The molecule has 1 aliphatic heterocycles. The molecule has 0 amide bonds. The highest BCUT2D eigenvalue weighted by molar-refractivity contribution is 7.91. The van der Waals surface area contributed by atoms with Gasteiger partial charge in [0.15, 0.2) is 9.84 Å². The van der Waals surface area contributed by atoms with Gasteiger partial charge >= 0.3 is 5.97 Å². The highest BCUT2D eigenvalue weighted by Gasteiger charge is 2.37. The van der Waals surface area contributed by atoms with Gasteiger partial charge in [-0.3, -0.25) is 4.79 Å². The number of hydrogen-bond donors (Lipinski definition) is 1. The van der Waals surface area contributed by atoms with Crippen LogP contribution in [-0.2, 0) is 21.1 Å². The van der Waals surface area contributed by atoms with Crippen LogP contribution in [0.5, 0.6) is 0 Å². The lowest BCUT2D eigenvalue weighted by Gasteiger charge is -2.18. The standard InChI is InChI=1S/C14H18O4S/c1-10-3-2-4-11(7-10)8-13(14(15)16)12-5-6-19(17,18)9-12/h2-4,7,12-13H,5-6,8-9H2,1H3,(H,15,16). The molecule has 1 aromatic rings. The summed E-state index contributed by atoms with van der Waals surface area (Å²) in [5, 5.41) is 9.34. The van der Waals surface area contributed by atoms with E-state index in [1.807, 2.05) is 31.2 Å². The van der Waals surface area contributed by atoms with E-state index in [0.29, 0.717) is 12.8 Å². The zero-order valence-corrected chi connectivity index (χ0v) is 11.7. The third-order valence-corrected chi connectivity index (χ3v) is 5.49. The second kappa shape index (κ2) is 5.33. The van der Waals surface area contributed by atoms with Gasteiger partial charge in [0.25, 0.3) is 0 Å². The van der Waals surface area contributed by atoms with Crippen LogP contribution in [0.15, 0.2) is 24.3 Å². The molecule has 0 aromatic heterocycles. The Morgan fingerprint density at radius 1 is 1.47 bits per heavy atom. The molecule has 0 bridgehead atoms. The number of rotatable bonds is 4. The van der Waals surface area contributed by atoms with Gasteiger partial charge in [-0.2, -0.15) is 0 Å². The highest BCUT2D eigenvalue weighted by Crippen LogP contribution is 2.29. The normalized spacial score (nSPS) is 23.1. The topological polar surface area (TPSA) is 71.4 Å². The van der Waals surface area contributed by atoms with Crippen molar-refractivity contribution in [2.75, 3.05) is 11.5 Å². The molecule has 1 saturated heterocycles. The van der Waals surface area contributed by atoms with Crippen molar-refractivity contribution in [2.24, 2.45) is 11.8 Å².